The van der Waals surface area contributed by atoms with Gasteiger partial charge in [0, 0.05) is 31.2 Å². The molecule has 3 rings (SSSR count). The van der Waals surface area contributed by atoms with Crippen molar-refractivity contribution in [3.8, 4) is 5.75 Å². The minimum Gasteiger partial charge on any atom is -0.496 e. The van der Waals surface area contributed by atoms with Crippen LogP contribution in [0, 0.1) is 11.7 Å². The molecule has 3 unspecified atom stereocenters. The van der Waals surface area contributed by atoms with E-state index >= 15 is 0 Å². The molecule has 3 atom stereocenters. The third-order valence-electron chi connectivity index (χ3n) is 4.67. The Morgan fingerprint density at radius 2 is 2.29 bits per heavy atom. The summed E-state index contributed by atoms with van der Waals surface area (Å²) in [5, 5.41) is 0. The van der Waals surface area contributed by atoms with Crippen LogP contribution in [0.1, 0.15) is 30.9 Å². The first-order valence-electron chi connectivity index (χ1n) is 7.45. The van der Waals surface area contributed by atoms with E-state index in [4.69, 9.17) is 19.9 Å². The highest BCUT2D eigenvalue weighted by atomic mass is 19.1. The lowest BCUT2D eigenvalue weighted by atomic mass is 9.79. The summed E-state index contributed by atoms with van der Waals surface area (Å²) in [5.74, 6) is 0.391. The summed E-state index contributed by atoms with van der Waals surface area (Å²) in [5.41, 5.74) is 6.63. The molecule has 2 saturated heterocycles. The minimum absolute atomic E-state index is 0.172. The molecule has 2 heterocycles. The van der Waals surface area contributed by atoms with E-state index in [1.807, 2.05) is 0 Å². The zero-order chi connectivity index (χ0) is 14.9. The number of ether oxygens (including phenoxy) is 3. The summed E-state index contributed by atoms with van der Waals surface area (Å²) in [6, 6.07) is 4.45. The van der Waals surface area contributed by atoms with E-state index < -0.39 is 0 Å². The fourth-order valence-corrected chi connectivity index (χ4v) is 3.49. The van der Waals surface area contributed by atoms with E-state index in [9.17, 15) is 4.39 Å². The molecule has 0 saturated carbocycles. The molecule has 5 heteroatoms. The number of halogens is 1. The van der Waals surface area contributed by atoms with Crippen LogP contribution in [-0.2, 0) is 9.47 Å². The van der Waals surface area contributed by atoms with E-state index in [-0.39, 0.29) is 23.4 Å². The Kier molecular flexibility index (Phi) is 4.15. The van der Waals surface area contributed by atoms with Crippen molar-refractivity contribution in [2.75, 3.05) is 26.9 Å². The van der Waals surface area contributed by atoms with Gasteiger partial charge in [-0.2, -0.15) is 0 Å². The van der Waals surface area contributed by atoms with Crippen LogP contribution in [0.2, 0.25) is 0 Å². The van der Waals surface area contributed by atoms with Crippen molar-refractivity contribution in [1.82, 2.24) is 0 Å². The van der Waals surface area contributed by atoms with Gasteiger partial charge in [0.15, 0.2) is 0 Å². The molecular weight excluding hydrogens is 273 g/mol. The van der Waals surface area contributed by atoms with Gasteiger partial charge in [0.2, 0.25) is 0 Å². The van der Waals surface area contributed by atoms with Crippen LogP contribution in [0.25, 0.3) is 0 Å². The lowest BCUT2D eigenvalue weighted by Crippen LogP contribution is -2.43. The van der Waals surface area contributed by atoms with E-state index in [1.54, 1.807) is 19.2 Å². The zero-order valence-corrected chi connectivity index (χ0v) is 12.3. The molecule has 2 aliphatic heterocycles. The lowest BCUT2D eigenvalue weighted by Gasteiger charge is -2.39. The smallest absolute Gasteiger partial charge is 0.131 e. The Morgan fingerprint density at radius 3 is 3.00 bits per heavy atom. The van der Waals surface area contributed by atoms with Gasteiger partial charge in [-0.3, -0.25) is 0 Å². The number of methoxy groups -OCH3 is 1. The van der Waals surface area contributed by atoms with Gasteiger partial charge in [0.05, 0.1) is 19.3 Å². The summed E-state index contributed by atoms with van der Waals surface area (Å²) in [7, 11) is 1.54. The topological polar surface area (TPSA) is 53.7 Å². The number of rotatable bonds is 3. The molecule has 2 aliphatic rings. The largest absolute Gasteiger partial charge is 0.496 e. The Labute approximate surface area is 124 Å². The van der Waals surface area contributed by atoms with Crippen molar-refractivity contribution < 1.29 is 18.6 Å². The first kappa shape index (κ1) is 14.8. The predicted octanol–water partition coefficient (Wildman–Crippen LogP) is 2.42. The molecule has 0 aliphatic carbocycles. The van der Waals surface area contributed by atoms with Crippen LogP contribution in [-0.4, -0.2) is 32.5 Å². The van der Waals surface area contributed by atoms with Crippen LogP contribution in [0.15, 0.2) is 18.2 Å². The highest BCUT2D eigenvalue weighted by Gasteiger charge is 2.43. The Hall–Kier alpha value is -1.17. The zero-order valence-electron chi connectivity index (χ0n) is 12.3. The Bertz CT molecular complexity index is 502. The van der Waals surface area contributed by atoms with Crippen LogP contribution in [0.3, 0.4) is 0 Å². The number of benzene rings is 1. The number of hydrogen-bond acceptors (Lipinski definition) is 4. The van der Waals surface area contributed by atoms with Gasteiger partial charge in [-0.15, -0.1) is 0 Å². The quantitative estimate of drug-likeness (QED) is 0.930. The molecule has 1 spiro atoms. The third-order valence-corrected chi connectivity index (χ3v) is 4.67. The van der Waals surface area contributed by atoms with Crippen molar-refractivity contribution >= 4 is 0 Å². The second-order valence-corrected chi connectivity index (χ2v) is 5.97. The van der Waals surface area contributed by atoms with E-state index in [1.165, 1.54) is 6.07 Å². The Morgan fingerprint density at radius 1 is 1.43 bits per heavy atom. The molecule has 116 valence electrons. The van der Waals surface area contributed by atoms with Crippen molar-refractivity contribution in [3.63, 3.8) is 0 Å². The predicted molar refractivity (Wildman–Crippen MR) is 76.7 cm³/mol. The second-order valence-electron chi connectivity index (χ2n) is 5.97. The van der Waals surface area contributed by atoms with Gasteiger partial charge in [0.25, 0.3) is 0 Å². The SMILES string of the molecule is COc1cccc(F)c1C(N)C1CCOC2(CCOC2)C1. The normalized spacial score (nSPS) is 30.5. The third kappa shape index (κ3) is 2.78. The van der Waals surface area contributed by atoms with E-state index in [0.29, 0.717) is 24.5 Å². The summed E-state index contributed by atoms with van der Waals surface area (Å²) in [6.45, 7) is 1.99. The van der Waals surface area contributed by atoms with Gasteiger partial charge in [-0.05, 0) is 30.9 Å². The molecule has 4 nitrogen and oxygen atoms in total. The summed E-state index contributed by atoms with van der Waals surface area (Å²) < 4.78 is 30.9. The van der Waals surface area contributed by atoms with Gasteiger partial charge in [-0.25, -0.2) is 4.39 Å². The van der Waals surface area contributed by atoms with Gasteiger partial charge < -0.3 is 19.9 Å². The average molecular weight is 295 g/mol. The van der Waals surface area contributed by atoms with Crippen LogP contribution in [0.5, 0.6) is 5.75 Å². The maximum atomic E-state index is 14.2. The van der Waals surface area contributed by atoms with Gasteiger partial charge >= 0.3 is 0 Å². The van der Waals surface area contributed by atoms with Crippen molar-refractivity contribution in [2.24, 2.45) is 11.7 Å². The molecule has 0 aromatic heterocycles. The molecule has 1 aromatic carbocycles. The first-order chi connectivity index (χ1) is 10.2. The average Bonchev–Trinajstić information content (AvgIpc) is 2.94. The molecule has 2 N–H and O–H groups in total. The molecular formula is C16H22FNO3. The van der Waals surface area contributed by atoms with E-state index in [0.717, 1.165) is 25.9 Å². The summed E-state index contributed by atoms with van der Waals surface area (Å²) in [6.07, 6.45) is 2.54. The number of hydrogen-bond donors (Lipinski definition) is 1. The molecule has 2 fully saturated rings. The minimum atomic E-state index is -0.387. The highest BCUT2D eigenvalue weighted by molar-refractivity contribution is 5.37. The van der Waals surface area contributed by atoms with Gasteiger partial charge in [0.1, 0.15) is 11.6 Å². The van der Waals surface area contributed by atoms with E-state index in [2.05, 4.69) is 0 Å². The second kappa shape index (κ2) is 5.91. The lowest BCUT2D eigenvalue weighted by molar-refractivity contribution is -0.101. The number of nitrogens with two attached hydrogens (primary N) is 1. The van der Waals surface area contributed by atoms with Crippen molar-refractivity contribution in [3.05, 3.63) is 29.6 Å². The molecule has 0 amide bonds. The van der Waals surface area contributed by atoms with Crippen molar-refractivity contribution in [1.29, 1.82) is 0 Å². The maximum absolute atomic E-state index is 14.2. The Balaban J connectivity index is 1.83. The molecule has 0 bridgehead atoms. The van der Waals surface area contributed by atoms with Crippen molar-refractivity contribution in [2.45, 2.75) is 30.9 Å². The van der Waals surface area contributed by atoms with Crippen LogP contribution < -0.4 is 10.5 Å². The fraction of sp³-hybridized carbons (Fsp3) is 0.625. The molecule has 21 heavy (non-hydrogen) atoms. The monoisotopic (exact) mass is 295 g/mol. The summed E-state index contributed by atoms with van der Waals surface area (Å²) in [4.78, 5) is 0. The molecule has 1 aromatic rings. The molecule has 0 radical (unpaired) electrons. The highest BCUT2D eigenvalue weighted by Crippen LogP contribution is 2.42. The standard InChI is InChI=1S/C16H22FNO3/c1-19-13-4-2-3-12(17)14(13)15(18)11-5-7-21-16(9-11)6-8-20-10-16/h2-4,11,15H,5-10,18H2,1H3. The summed E-state index contributed by atoms with van der Waals surface area (Å²) >= 11 is 0. The van der Waals surface area contributed by atoms with Crippen LogP contribution in [0.4, 0.5) is 4.39 Å². The maximum Gasteiger partial charge on any atom is 0.131 e. The first-order valence-corrected chi connectivity index (χ1v) is 7.45. The van der Waals surface area contributed by atoms with Crippen LogP contribution >= 0.6 is 0 Å². The fourth-order valence-electron chi connectivity index (χ4n) is 3.49. The van der Waals surface area contributed by atoms with Gasteiger partial charge in [-0.1, -0.05) is 6.07 Å².